The lowest BCUT2D eigenvalue weighted by molar-refractivity contribution is 0.0356. The number of aliphatic hydroxyl groups excluding tert-OH is 1. The Hall–Kier alpha value is -0.160. The Morgan fingerprint density at radius 3 is 1.76 bits per heavy atom. The van der Waals surface area contributed by atoms with E-state index in [2.05, 4.69) is 12.2 Å². The second-order valence-electron chi connectivity index (χ2n) is 7.32. The molecule has 0 aromatic heterocycles. The molecule has 1 unspecified atom stereocenters. The fraction of sp³-hybridized carbons (Fsp3) is 1.00. The van der Waals surface area contributed by atoms with Crippen LogP contribution in [0.25, 0.3) is 0 Å². The van der Waals surface area contributed by atoms with Crippen LogP contribution in [0, 0.1) is 0 Å². The molecular formula is C21H46N2O2. The predicted octanol–water partition coefficient (Wildman–Crippen LogP) is 4.39. The summed E-state index contributed by atoms with van der Waals surface area (Å²) in [5, 5.41) is 12.7. The number of rotatable bonds is 21. The van der Waals surface area contributed by atoms with Gasteiger partial charge in [0.1, 0.15) is 0 Å². The molecule has 0 aromatic rings. The summed E-state index contributed by atoms with van der Waals surface area (Å²) in [5.41, 5.74) is 5.38. The van der Waals surface area contributed by atoms with Crippen molar-refractivity contribution in [2.24, 2.45) is 5.73 Å². The van der Waals surface area contributed by atoms with E-state index in [1.165, 1.54) is 83.5 Å². The van der Waals surface area contributed by atoms with Crippen molar-refractivity contribution in [2.75, 3.05) is 32.8 Å². The molecule has 4 N–H and O–H groups in total. The zero-order chi connectivity index (χ0) is 18.4. The van der Waals surface area contributed by atoms with Gasteiger partial charge in [-0.3, -0.25) is 0 Å². The molecule has 0 heterocycles. The van der Waals surface area contributed by atoms with E-state index in [4.69, 9.17) is 10.5 Å². The highest BCUT2D eigenvalue weighted by Crippen LogP contribution is 2.12. The van der Waals surface area contributed by atoms with Crippen molar-refractivity contribution in [3.63, 3.8) is 0 Å². The van der Waals surface area contributed by atoms with Gasteiger partial charge in [-0.2, -0.15) is 0 Å². The summed E-state index contributed by atoms with van der Waals surface area (Å²) in [6.45, 7) is 5.39. The Bertz CT molecular complexity index is 240. The first-order chi connectivity index (χ1) is 12.3. The molecule has 1 atom stereocenters. The highest BCUT2D eigenvalue weighted by molar-refractivity contribution is 4.58. The number of aliphatic hydroxyl groups is 1. The van der Waals surface area contributed by atoms with E-state index in [1.807, 2.05) is 0 Å². The molecule has 0 aliphatic carbocycles. The smallest absolute Gasteiger partial charge is 0.0897 e. The number of hydrogen-bond acceptors (Lipinski definition) is 4. The van der Waals surface area contributed by atoms with Crippen LogP contribution in [0.1, 0.15) is 96.8 Å². The van der Waals surface area contributed by atoms with E-state index in [-0.39, 0.29) is 0 Å². The first kappa shape index (κ1) is 24.8. The van der Waals surface area contributed by atoms with Gasteiger partial charge in [-0.05, 0) is 6.42 Å². The van der Waals surface area contributed by atoms with Crippen molar-refractivity contribution in [1.29, 1.82) is 0 Å². The number of nitrogens with two attached hydrogens (primary N) is 1. The van der Waals surface area contributed by atoms with Crippen LogP contribution >= 0.6 is 0 Å². The summed E-state index contributed by atoms with van der Waals surface area (Å²) in [6.07, 6.45) is 18.8. The van der Waals surface area contributed by atoms with Gasteiger partial charge in [0.25, 0.3) is 0 Å². The highest BCUT2D eigenvalue weighted by atomic mass is 16.5. The van der Waals surface area contributed by atoms with Gasteiger partial charge in [0, 0.05) is 26.2 Å². The van der Waals surface area contributed by atoms with Gasteiger partial charge in [0.2, 0.25) is 0 Å². The molecule has 0 aliphatic rings. The summed E-state index contributed by atoms with van der Waals surface area (Å²) in [6, 6.07) is 0. The zero-order valence-electron chi connectivity index (χ0n) is 16.9. The van der Waals surface area contributed by atoms with E-state index >= 15 is 0 Å². The molecule has 0 saturated heterocycles. The normalized spacial score (nSPS) is 12.6. The van der Waals surface area contributed by atoms with Crippen molar-refractivity contribution in [3.8, 4) is 0 Å². The molecule has 0 aromatic carbocycles. The van der Waals surface area contributed by atoms with E-state index in [9.17, 15) is 5.11 Å². The molecule has 0 saturated carbocycles. The van der Waals surface area contributed by atoms with Crippen LogP contribution in [0.5, 0.6) is 0 Å². The Kier molecular flexibility index (Phi) is 21.7. The molecule has 0 fully saturated rings. The molecule has 0 radical (unpaired) electrons. The van der Waals surface area contributed by atoms with Crippen LogP contribution < -0.4 is 11.1 Å². The maximum Gasteiger partial charge on any atom is 0.0897 e. The summed E-state index contributed by atoms with van der Waals surface area (Å²) in [7, 11) is 0. The SMILES string of the molecule is CCCCCCCCCCCCCCCCOCC(O)CNCCN. The standard InChI is InChI=1S/C21H46N2O2/c1-2-3-4-5-6-7-8-9-10-11-12-13-14-15-18-25-20-21(24)19-23-17-16-22/h21,23-24H,2-20,22H2,1H3. The third-order valence-electron chi connectivity index (χ3n) is 4.65. The van der Waals surface area contributed by atoms with Crippen LogP contribution in [0.2, 0.25) is 0 Å². The summed E-state index contributed by atoms with van der Waals surface area (Å²) < 4.78 is 5.51. The van der Waals surface area contributed by atoms with Gasteiger partial charge in [-0.15, -0.1) is 0 Å². The molecule has 0 bridgehead atoms. The fourth-order valence-corrected chi connectivity index (χ4v) is 3.05. The van der Waals surface area contributed by atoms with Crippen LogP contribution in [0.3, 0.4) is 0 Å². The van der Waals surface area contributed by atoms with Crippen LogP contribution in [0.15, 0.2) is 0 Å². The molecule has 4 heteroatoms. The van der Waals surface area contributed by atoms with Gasteiger partial charge in [0.15, 0.2) is 0 Å². The number of unbranched alkanes of at least 4 members (excludes halogenated alkanes) is 13. The van der Waals surface area contributed by atoms with Gasteiger partial charge in [-0.1, -0.05) is 90.4 Å². The summed E-state index contributed by atoms with van der Waals surface area (Å²) in [5.74, 6) is 0. The third-order valence-corrected chi connectivity index (χ3v) is 4.65. The predicted molar refractivity (Wildman–Crippen MR) is 109 cm³/mol. The number of ether oxygens (including phenoxy) is 1. The molecule has 0 rings (SSSR count). The Morgan fingerprint density at radius 1 is 0.800 bits per heavy atom. The minimum atomic E-state index is -0.418. The van der Waals surface area contributed by atoms with Crippen LogP contribution in [-0.4, -0.2) is 44.1 Å². The molecular weight excluding hydrogens is 312 g/mol. The lowest BCUT2D eigenvalue weighted by Gasteiger charge is -2.11. The zero-order valence-corrected chi connectivity index (χ0v) is 16.9. The summed E-state index contributed by atoms with van der Waals surface area (Å²) >= 11 is 0. The van der Waals surface area contributed by atoms with Crippen molar-refractivity contribution < 1.29 is 9.84 Å². The number of hydrogen-bond donors (Lipinski definition) is 3. The lowest BCUT2D eigenvalue weighted by atomic mass is 10.0. The van der Waals surface area contributed by atoms with Gasteiger partial charge >= 0.3 is 0 Å². The van der Waals surface area contributed by atoms with Gasteiger partial charge in [0.05, 0.1) is 12.7 Å². The minimum absolute atomic E-state index is 0.418. The van der Waals surface area contributed by atoms with Crippen molar-refractivity contribution in [3.05, 3.63) is 0 Å². The van der Waals surface area contributed by atoms with Crippen LogP contribution in [0.4, 0.5) is 0 Å². The monoisotopic (exact) mass is 358 g/mol. The average Bonchev–Trinajstić information content (AvgIpc) is 2.61. The Morgan fingerprint density at radius 2 is 1.28 bits per heavy atom. The topological polar surface area (TPSA) is 67.5 Å². The quantitative estimate of drug-likeness (QED) is 0.266. The van der Waals surface area contributed by atoms with Crippen LogP contribution in [-0.2, 0) is 4.74 Å². The Balaban J connectivity index is 3.05. The average molecular weight is 359 g/mol. The van der Waals surface area contributed by atoms with Gasteiger partial charge < -0.3 is 20.9 Å². The van der Waals surface area contributed by atoms with E-state index < -0.39 is 6.10 Å². The molecule has 4 nitrogen and oxygen atoms in total. The minimum Gasteiger partial charge on any atom is -0.389 e. The highest BCUT2D eigenvalue weighted by Gasteiger charge is 2.02. The molecule has 0 amide bonds. The summed E-state index contributed by atoms with van der Waals surface area (Å²) in [4.78, 5) is 0. The fourth-order valence-electron chi connectivity index (χ4n) is 3.05. The second-order valence-corrected chi connectivity index (χ2v) is 7.32. The molecule has 0 aliphatic heterocycles. The van der Waals surface area contributed by atoms with E-state index in [1.54, 1.807) is 0 Å². The number of nitrogens with one attached hydrogen (secondary N) is 1. The second kappa shape index (κ2) is 21.9. The lowest BCUT2D eigenvalue weighted by Crippen LogP contribution is -2.33. The maximum atomic E-state index is 9.66. The largest absolute Gasteiger partial charge is 0.389 e. The Labute approximate surface area is 157 Å². The first-order valence-corrected chi connectivity index (χ1v) is 11.0. The van der Waals surface area contributed by atoms with E-state index in [0.717, 1.165) is 19.6 Å². The molecule has 25 heavy (non-hydrogen) atoms. The molecule has 0 spiro atoms. The third kappa shape index (κ3) is 21.8. The first-order valence-electron chi connectivity index (χ1n) is 11.0. The van der Waals surface area contributed by atoms with Gasteiger partial charge in [-0.25, -0.2) is 0 Å². The van der Waals surface area contributed by atoms with Crippen molar-refractivity contribution in [1.82, 2.24) is 5.32 Å². The van der Waals surface area contributed by atoms with Crippen molar-refractivity contribution in [2.45, 2.75) is 103 Å². The maximum absolute atomic E-state index is 9.66. The molecule has 152 valence electrons. The van der Waals surface area contributed by atoms with E-state index in [0.29, 0.717) is 19.7 Å². The van der Waals surface area contributed by atoms with Crippen molar-refractivity contribution >= 4 is 0 Å².